The minimum Gasteiger partial charge on any atom is -0.506 e. The summed E-state index contributed by atoms with van der Waals surface area (Å²) in [7, 11) is 0. The molecule has 178 valence electrons. The van der Waals surface area contributed by atoms with E-state index >= 15 is 0 Å². The highest BCUT2D eigenvalue weighted by Crippen LogP contribution is 2.22. The molecule has 0 spiro atoms. The molecule has 0 aliphatic carbocycles. The van der Waals surface area contributed by atoms with Gasteiger partial charge in [0, 0.05) is 6.07 Å². The minimum absolute atomic E-state index is 0.375. The normalized spacial score (nSPS) is 16.7. The molecule has 32 heavy (non-hydrogen) atoms. The summed E-state index contributed by atoms with van der Waals surface area (Å²) in [6.45, 7) is -1.98. The van der Waals surface area contributed by atoms with Crippen LogP contribution in [0.2, 0.25) is 0 Å². The summed E-state index contributed by atoms with van der Waals surface area (Å²) in [5.74, 6) is -9.70. The first kappa shape index (κ1) is 26.6. The van der Waals surface area contributed by atoms with Crippen LogP contribution in [0.15, 0.2) is 47.3 Å². The van der Waals surface area contributed by atoms with Crippen LogP contribution in [0, 0.1) is 0 Å². The highest BCUT2D eigenvalue weighted by Gasteiger charge is 2.28. The van der Waals surface area contributed by atoms with Crippen molar-refractivity contribution in [1.82, 2.24) is 0 Å². The molecule has 1 rings (SSSR count). The number of aliphatic hydroxyl groups is 10. The zero-order valence-electron chi connectivity index (χ0n) is 16.1. The van der Waals surface area contributed by atoms with Gasteiger partial charge in [0.15, 0.2) is 11.5 Å². The van der Waals surface area contributed by atoms with Crippen molar-refractivity contribution >= 4 is 11.9 Å². The Hall–Kier alpha value is -3.40. The molecule has 1 aromatic rings. The van der Waals surface area contributed by atoms with Gasteiger partial charge in [-0.2, -0.15) is 0 Å². The van der Waals surface area contributed by atoms with Crippen LogP contribution in [-0.2, 0) is 9.59 Å². The molecule has 14 heteroatoms. The summed E-state index contributed by atoms with van der Waals surface area (Å²) in [4.78, 5) is 23.7. The number of aliphatic hydroxyl groups excluding tert-OH is 10. The lowest BCUT2D eigenvalue weighted by molar-refractivity contribution is -0.134. The summed E-state index contributed by atoms with van der Waals surface area (Å²) in [6.07, 6.45) is -8.19. The van der Waals surface area contributed by atoms with E-state index in [9.17, 15) is 50.4 Å². The van der Waals surface area contributed by atoms with E-state index in [-0.39, 0.29) is 11.5 Å². The Morgan fingerprint density at radius 2 is 1.06 bits per heavy atom. The SMILES string of the molecule is O=C(Oc1cccc(OC(=O)/C(O)=C(\O)C(O)C(O)CO)c1)/C(O)=C(\O)C(O)C(O)CO. The fraction of sp³-hybridized carbons (Fsp3) is 0.333. The van der Waals surface area contributed by atoms with E-state index in [1.165, 1.54) is 6.07 Å². The van der Waals surface area contributed by atoms with Crippen LogP contribution >= 0.6 is 0 Å². The summed E-state index contributed by atoms with van der Waals surface area (Å²) in [5.41, 5.74) is 0. The van der Waals surface area contributed by atoms with Crippen molar-refractivity contribution in [3.63, 3.8) is 0 Å². The summed E-state index contributed by atoms with van der Waals surface area (Å²) < 4.78 is 9.39. The zero-order chi connectivity index (χ0) is 24.6. The minimum atomic E-state index is -2.19. The van der Waals surface area contributed by atoms with Gasteiger partial charge in [0.1, 0.15) is 35.9 Å². The highest BCUT2D eigenvalue weighted by molar-refractivity contribution is 5.89. The Morgan fingerprint density at radius 3 is 1.38 bits per heavy atom. The molecular formula is C18H22O14. The lowest BCUT2D eigenvalue weighted by Crippen LogP contribution is -2.33. The highest BCUT2D eigenvalue weighted by atomic mass is 16.6. The van der Waals surface area contributed by atoms with Gasteiger partial charge in [-0.3, -0.25) is 0 Å². The van der Waals surface area contributed by atoms with Crippen molar-refractivity contribution in [2.45, 2.75) is 24.4 Å². The van der Waals surface area contributed by atoms with Crippen LogP contribution in [0.4, 0.5) is 0 Å². The van der Waals surface area contributed by atoms with Gasteiger partial charge in [-0.05, 0) is 12.1 Å². The maximum absolute atomic E-state index is 11.9. The number of hydrogen-bond acceptors (Lipinski definition) is 14. The predicted molar refractivity (Wildman–Crippen MR) is 100 cm³/mol. The molecule has 4 unspecified atom stereocenters. The molecule has 4 atom stereocenters. The van der Waals surface area contributed by atoms with Crippen LogP contribution in [0.1, 0.15) is 0 Å². The van der Waals surface area contributed by atoms with E-state index in [4.69, 9.17) is 19.7 Å². The first-order valence-corrected chi connectivity index (χ1v) is 8.67. The third kappa shape index (κ3) is 6.81. The lowest BCUT2D eigenvalue weighted by atomic mass is 10.1. The largest absolute Gasteiger partial charge is 0.506 e. The molecule has 0 radical (unpaired) electrons. The molecule has 14 nitrogen and oxygen atoms in total. The molecule has 0 aliphatic rings. The predicted octanol–water partition coefficient (Wildman–Crippen LogP) is -2.42. The van der Waals surface area contributed by atoms with Crippen molar-refractivity contribution in [2.75, 3.05) is 13.2 Å². The maximum Gasteiger partial charge on any atom is 0.382 e. The molecule has 0 bridgehead atoms. The fourth-order valence-corrected chi connectivity index (χ4v) is 1.97. The van der Waals surface area contributed by atoms with E-state index in [2.05, 4.69) is 0 Å². The Labute approximate surface area is 179 Å². The molecule has 0 heterocycles. The molecular weight excluding hydrogens is 440 g/mol. The summed E-state index contributed by atoms with van der Waals surface area (Å²) in [6, 6.07) is 4.34. The second-order valence-electron chi connectivity index (χ2n) is 6.11. The Kier molecular flexibility index (Phi) is 9.86. The van der Waals surface area contributed by atoms with Gasteiger partial charge in [0.25, 0.3) is 0 Å². The molecule has 1 aromatic carbocycles. The number of hydrogen-bond donors (Lipinski definition) is 10. The molecule has 0 aromatic heterocycles. The molecule has 0 saturated carbocycles. The summed E-state index contributed by atoms with van der Waals surface area (Å²) in [5, 5.41) is 93.1. The number of ether oxygens (including phenoxy) is 2. The third-order valence-corrected chi connectivity index (χ3v) is 3.76. The van der Waals surface area contributed by atoms with Gasteiger partial charge in [-0.1, -0.05) is 6.07 Å². The van der Waals surface area contributed by atoms with E-state index in [0.29, 0.717) is 0 Å². The monoisotopic (exact) mass is 462 g/mol. The van der Waals surface area contributed by atoms with Crippen LogP contribution < -0.4 is 9.47 Å². The maximum atomic E-state index is 11.9. The van der Waals surface area contributed by atoms with Gasteiger partial charge in [-0.25, -0.2) is 9.59 Å². The fourth-order valence-electron chi connectivity index (χ4n) is 1.97. The van der Waals surface area contributed by atoms with Crippen molar-refractivity contribution < 1.29 is 70.1 Å². The van der Waals surface area contributed by atoms with Crippen LogP contribution in [0.5, 0.6) is 11.5 Å². The topological polar surface area (TPSA) is 255 Å². The van der Waals surface area contributed by atoms with Gasteiger partial charge in [-0.15, -0.1) is 0 Å². The lowest BCUT2D eigenvalue weighted by Gasteiger charge is -2.16. The van der Waals surface area contributed by atoms with E-state index in [1.54, 1.807) is 0 Å². The Balaban J connectivity index is 2.96. The Bertz CT molecular complexity index is 809. The average molecular weight is 462 g/mol. The van der Waals surface area contributed by atoms with E-state index in [1.807, 2.05) is 0 Å². The second kappa shape index (κ2) is 11.8. The molecule has 0 aliphatic heterocycles. The number of benzene rings is 1. The quantitative estimate of drug-likeness (QED) is 0.0751. The first-order chi connectivity index (χ1) is 14.9. The second-order valence-corrected chi connectivity index (χ2v) is 6.11. The van der Waals surface area contributed by atoms with Crippen molar-refractivity contribution in [3.8, 4) is 11.5 Å². The molecule has 0 saturated heterocycles. The molecule has 0 fully saturated rings. The Morgan fingerprint density at radius 1 is 0.719 bits per heavy atom. The van der Waals surface area contributed by atoms with Crippen molar-refractivity contribution in [1.29, 1.82) is 0 Å². The zero-order valence-corrected chi connectivity index (χ0v) is 16.1. The van der Waals surface area contributed by atoms with Crippen molar-refractivity contribution in [3.05, 3.63) is 47.3 Å². The number of carbonyl (C=O) groups is 2. The molecule has 0 amide bonds. The smallest absolute Gasteiger partial charge is 0.382 e. The van der Waals surface area contributed by atoms with Crippen LogP contribution in [-0.4, -0.2) is 101 Å². The third-order valence-electron chi connectivity index (χ3n) is 3.76. The van der Waals surface area contributed by atoms with Gasteiger partial charge in [0.2, 0.25) is 11.5 Å². The van der Waals surface area contributed by atoms with E-state index in [0.717, 1.165) is 18.2 Å². The van der Waals surface area contributed by atoms with Crippen LogP contribution in [0.25, 0.3) is 0 Å². The standard InChI is InChI=1S/C18H22O14/c19-5-9(21)11(23)13(25)15(27)17(29)31-7-2-1-3-8(4-7)32-18(30)16(28)14(26)12(24)10(22)6-20/h1-4,9-12,19-28H,5-6H2/b15-13+,16-14+. The molecule has 10 N–H and O–H groups in total. The van der Waals surface area contributed by atoms with E-state index < -0.39 is 72.6 Å². The number of carbonyl (C=O) groups excluding carboxylic acids is 2. The van der Waals surface area contributed by atoms with Crippen LogP contribution in [0.3, 0.4) is 0 Å². The number of rotatable bonds is 10. The van der Waals surface area contributed by atoms with Gasteiger partial charge < -0.3 is 60.5 Å². The average Bonchev–Trinajstić information content (AvgIpc) is 2.79. The first-order valence-electron chi connectivity index (χ1n) is 8.67. The van der Waals surface area contributed by atoms with Gasteiger partial charge in [0.05, 0.1) is 13.2 Å². The number of esters is 2. The van der Waals surface area contributed by atoms with Crippen molar-refractivity contribution in [2.24, 2.45) is 0 Å². The summed E-state index contributed by atoms with van der Waals surface area (Å²) >= 11 is 0. The van der Waals surface area contributed by atoms with Gasteiger partial charge >= 0.3 is 11.9 Å².